The number of rotatable bonds is 4. The number of carbonyl (C=O) groups excluding carboxylic acids is 3. The van der Waals surface area contributed by atoms with Gasteiger partial charge in [0.1, 0.15) is 17.1 Å². The van der Waals surface area contributed by atoms with Crippen LogP contribution in [-0.4, -0.2) is 28.9 Å². The molecule has 2 N–H and O–H groups in total. The Balaban J connectivity index is 1.72. The highest BCUT2D eigenvalue weighted by molar-refractivity contribution is 6.46. The van der Waals surface area contributed by atoms with E-state index in [-0.39, 0.29) is 32.6 Å². The number of imide groups is 2. The summed E-state index contributed by atoms with van der Waals surface area (Å²) >= 11 is 12.1. The molecule has 2 heterocycles. The van der Waals surface area contributed by atoms with Gasteiger partial charge in [0.15, 0.2) is 0 Å². The van der Waals surface area contributed by atoms with Crippen molar-refractivity contribution in [2.45, 2.75) is 6.92 Å². The van der Waals surface area contributed by atoms with E-state index in [1.807, 2.05) is 0 Å². The Hall–Kier alpha value is -3.88. The normalized spacial score (nSPS) is 15.2. The number of anilines is 1. The summed E-state index contributed by atoms with van der Waals surface area (Å²) < 4.78 is 5.74. The first kappa shape index (κ1) is 22.3. The van der Waals surface area contributed by atoms with Gasteiger partial charge in [-0.25, -0.2) is 14.5 Å². The largest absolute Gasteiger partial charge is 0.478 e. The second kappa shape index (κ2) is 8.57. The van der Waals surface area contributed by atoms with Crippen LogP contribution in [-0.2, 0) is 9.59 Å². The van der Waals surface area contributed by atoms with Gasteiger partial charge in [0.05, 0.1) is 21.3 Å². The summed E-state index contributed by atoms with van der Waals surface area (Å²) in [4.78, 5) is 49.9. The van der Waals surface area contributed by atoms with E-state index < -0.39 is 23.8 Å². The number of carbonyl (C=O) groups is 4. The van der Waals surface area contributed by atoms with Crippen LogP contribution >= 0.6 is 23.2 Å². The fourth-order valence-corrected chi connectivity index (χ4v) is 3.77. The van der Waals surface area contributed by atoms with E-state index in [1.165, 1.54) is 36.4 Å². The first-order valence-corrected chi connectivity index (χ1v) is 10.2. The van der Waals surface area contributed by atoms with Crippen LogP contribution in [0.3, 0.4) is 0 Å². The maximum atomic E-state index is 13.0. The average Bonchev–Trinajstić information content (AvgIpc) is 3.22. The zero-order valence-electron chi connectivity index (χ0n) is 16.9. The van der Waals surface area contributed by atoms with Crippen LogP contribution in [0.5, 0.6) is 0 Å². The summed E-state index contributed by atoms with van der Waals surface area (Å²) in [5.41, 5.74) is 0.825. The monoisotopic (exact) mass is 484 g/mol. The van der Waals surface area contributed by atoms with E-state index in [0.717, 1.165) is 0 Å². The highest BCUT2D eigenvalue weighted by Crippen LogP contribution is 2.35. The molecular formula is C23H14Cl2N2O6. The van der Waals surface area contributed by atoms with Gasteiger partial charge in [-0.15, -0.1) is 0 Å². The molecule has 0 spiro atoms. The number of halogens is 2. The van der Waals surface area contributed by atoms with Crippen molar-refractivity contribution in [3.63, 3.8) is 0 Å². The van der Waals surface area contributed by atoms with Crippen molar-refractivity contribution >= 4 is 58.8 Å². The number of hydrogen-bond donors (Lipinski definition) is 2. The molecule has 0 saturated carbocycles. The Morgan fingerprint density at radius 1 is 1.06 bits per heavy atom. The van der Waals surface area contributed by atoms with Crippen LogP contribution < -0.4 is 10.2 Å². The van der Waals surface area contributed by atoms with Gasteiger partial charge in [-0.1, -0.05) is 41.4 Å². The first-order valence-electron chi connectivity index (χ1n) is 9.47. The van der Waals surface area contributed by atoms with Gasteiger partial charge in [-0.3, -0.25) is 14.9 Å². The third kappa shape index (κ3) is 4.02. The molecule has 0 aliphatic carbocycles. The molecule has 2 aromatic carbocycles. The Morgan fingerprint density at radius 2 is 1.79 bits per heavy atom. The summed E-state index contributed by atoms with van der Waals surface area (Å²) in [5, 5.41) is 11.5. The number of carboxylic acids is 1. The Morgan fingerprint density at radius 3 is 2.52 bits per heavy atom. The van der Waals surface area contributed by atoms with Crippen LogP contribution in [0.15, 0.2) is 58.5 Å². The molecule has 3 aromatic rings. The van der Waals surface area contributed by atoms with Crippen molar-refractivity contribution in [2.24, 2.45) is 0 Å². The van der Waals surface area contributed by atoms with E-state index >= 15 is 0 Å². The van der Waals surface area contributed by atoms with Gasteiger partial charge in [-0.05, 0) is 48.9 Å². The SMILES string of the molecule is Cc1c(C(=O)O)cccc1-c1ccc(/C=C2/C(=O)NC(=O)N(c3cccc(Cl)c3Cl)C2=O)o1. The number of furan rings is 1. The highest BCUT2D eigenvalue weighted by atomic mass is 35.5. The van der Waals surface area contributed by atoms with Crippen LogP contribution in [0.1, 0.15) is 21.7 Å². The maximum Gasteiger partial charge on any atom is 0.336 e. The lowest BCUT2D eigenvalue weighted by Gasteiger charge is -2.27. The van der Waals surface area contributed by atoms with Crippen molar-refractivity contribution in [1.29, 1.82) is 0 Å². The number of benzene rings is 2. The molecule has 8 nitrogen and oxygen atoms in total. The fraction of sp³-hybridized carbons (Fsp3) is 0.0435. The molecule has 0 radical (unpaired) electrons. The molecule has 4 rings (SSSR count). The predicted molar refractivity (Wildman–Crippen MR) is 121 cm³/mol. The number of hydrogen-bond acceptors (Lipinski definition) is 5. The molecule has 33 heavy (non-hydrogen) atoms. The van der Waals surface area contributed by atoms with E-state index in [4.69, 9.17) is 27.6 Å². The number of amides is 4. The lowest BCUT2D eigenvalue weighted by Crippen LogP contribution is -2.54. The van der Waals surface area contributed by atoms with E-state index in [0.29, 0.717) is 21.8 Å². The molecule has 1 aliphatic heterocycles. The predicted octanol–water partition coefficient (Wildman–Crippen LogP) is 4.93. The van der Waals surface area contributed by atoms with Crippen molar-refractivity contribution < 1.29 is 28.7 Å². The topological polar surface area (TPSA) is 117 Å². The summed E-state index contributed by atoms with van der Waals surface area (Å²) in [6.45, 7) is 1.65. The number of nitrogens with one attached hydrogen (secondary N) is 1. The Labute approximate surface area is 197 Å². The summed E-state index contributed by atoms with van der Waals surface area (Å²) in [6.07, 6.45) is 1.19. The molecule has 0 unspecified atom stereocenters. The lowest BCUT2D eigenvalue weighted by atomic mass is 10.0. The van der Waals surface area contributed by atoms with Crippen molar-refractivity contribution in [3.8, 4) is 11.3 Å². The van der Waals surface area contributed by atoms with Gasteiger partial charge < -0.3 is 9.52 Å². The average molecular weight is 485 g/mol. The molecule has 0 bridgehead atoms. The molecule has 0 atom stereocenters. The minimum absolute atomic E-state index is 0.0197. The lowest BCUT2D eigenvalue weighted by molar-refractivity contribution is -0.122. The second-order valence-electron chi connectivity index (χ2n) is 7.02. The molecule has 10 heteroatoms. The van der Waals surface area contributed by atoms with Crippen molar-refractivity contribution in [3.05, 3.63) is 81.0 Å². The van der Waals surface area contributed by atoms with Crippen LogP contribution in [0.2, 0.25) is 10.0 Å². The zero-order chi connectivity index (χ0) is 23.9. The third-order valence-corrected chi connectivity index (χ3v) is 5.83. The van der Waals surface area contributed by atoms with Crippen LogP contribution in [0.4, 0.5) is 10.5 Å². The third-order valence-electron chi connectivity index (χ3n) is 5.02. The molecule has 1 fully saturated rings. The summed E-state index contributed by atoms with van der Waals surface area (Å²) in [5.74, 6) is -2.39. The van der Waals surface area contributed by atoms with Gasteiger partial charge >= 0.3 is 12.0 Å². The molecule has 4 amide bonds. The Bertz CT molecular complexity index is 1380. The molecule has 1 aliphatic rings. The minimum Gasteiger partial charge on any atom is -0.478 e. The standard InChI is InChI=1S/C23H14Cl2N2O6/c1-11-13(4-2-5-14(11)22(30)31)18-9-8-12(33-18)10-15-20(28)26-23(32)27(21(15)29)17-7-3-6-16(24)19(17)25/h2-10H,1H3,(H,30,31)(H,26,28,32)/b15-10-. The number of barbiturate groups is 1. The minimum atomic E-state index is -1.07. The van der Waals surface area contributed by atoms with E-state index in [9.17, 15) is 24.3 Å². The maximum absolute atomic E-state index is 13.0. The van der Waals surface area contributed by atoms with Crippen molar-refractivity contribution in [1.82, 2.24) is 5.32 Å². The first-order chi connectivity index (χ1) is 15.7. The van der Waals surface area contributed by atoms with Gasteiger partial charge in [-0.2, -0.15) is 0 Å². The van der Waals surface area contributed by atoms with Gasteiger partial charge in [0.25, 0.3) is 11.8 Å². The summed E-state index contributed by atoms with van der Waals surface area (Å²) in [7, 11) is 0. The Kier molecular flexibility index (Phi) is 5.80. The van der Waals surface area contributed by atoms with Gasteiger partial charge in [0, 0.05) is 5.56 Å². The zero-order valence-corrected chi connectivity index (χ0v) is 18.4. The molecule has 1 aromatic heterocycles. The fourth-order valence-electron chi connectivity index (χ4n) is 3.39. The number of urea groups is 1. The van der Waals surface area contributed by atoms with E-state index in [1.54, 1.807) is 25.1 Å². The van der Waals surface area contributed by atoms with Crippen molar-refractivity contribution in [2.75, 3.05) is 4.90 Å². The number of nitrogens with zero attached hydrogens (tertiary/aromatic N) is 1. The smallest absolute Gasteiger partial charge is 0.336 e. The van der Waals surface area contributed by atoms with Crippen LogP contribution in [0, 0.1) is 6.92 Å². The van der Waals surface area contributed by atoms with Crippen LogP contribution in [0.25, 0.3) is 17.4 Å². The number of aromatic carboxylic acids is 1. The second-order valence-corrected chi connectivity index (χ2v) is 7.80. The quantitative estimate of drug-likeness (QED) is 0.400. The van der Waals surface area contributed by atoms with E-state index in [2.05, 4.69) is 5.32 Å². The molecule has 1 saturated heterocycles. The summed E-state index contributed by atoms with van der Waals surface area (Å²) in [6, 6.07) is 11.3. The highest BCUT2D eigenvalue weighted by Gasteiger charge is 2.38. The number of carboxylic acid groups (broad SMARTS) is 1. The van der Waals surface area contributed by atoms with Gasteiger partial charge in [0.2, 0.25) is 0 Å². The molecular weight excluding hydrogens is 471 g/mol. The molecule has 166 valence electrons.